The summed E-state index contributed by atoms with van der Waals surface area (Å²) in [7, 11) is 0. The van der Waals surface area contributed by atoms with E-state index in [4.69, 9.17) is 9.72 Å². The summed E-state index contributed by atoms with van der Waals surface area (Å²) in [6.07, 6.45) is 2.27. The molecule has 0 spiro atoms. The highest BCUT2D eigenvalue weighted by Gasteiger charge is 2.38. The molecule has 3 heterocycles. The number of nitrogens with zero attached hydrogens (tertiary/aromatic N) is 2. The summed E-state index contributed by atoms with van der Waals surface area (Å²) < 4.78 is 7.10. The van der Waals surface area contributed by atoms with Gasteiger partial charge in [0.25, 0.3) is 5.91 Å². The van der Waals surface area contributed by atoms with Crippen LogP contribution in [0.2, 0.25) is 0 Å². The SMILES string of the molecule is O=C([C@H]1Cc2ccccc2O1)N1CCC[C@@H]1c1nc2ccccc2s1. The van der Waals surface area contributed by atoms with Crippen LogP contribution in [0.5, 0.6) is 5.75 Å². The lowest BCUT2D eigenvalue weighted by Crippen LogP contribution is -2.40. The standard InChI is InChI=1S/C20H18N2O2S/c23-20(17-12-13-6-1-3-9-16(13)24-17)22-11-5-8-15(22)19-21-14-7-2-4-10-18(14)25-19/h1-4,6-7,9-10,15,17H,5,8,11-12H2/t15-,17-/m1/s1. The number of likely N-dealkylation sites (tertiary alicyclic amines) is 1. The minimum atomic E-state index is -0.396. The van der Waals surface area contributed by atoms with Crippen LogP contribution in [-0.4, -0.2) is 28.4 Å². The van der Waals surface area contributed by atoms with Crippen LogP contribution in [0.3, 0.4) is 0 Å². The number of fused-ring (bicyclic) bond motifs is 2. The Morgan fingerprint density at radius 3 is 2.88 bits per heavy atom. The van der Waals surface area contributed by atoms with E-state index in [0.29, 0.717) is 6.42 Å². The molecule has 2 atom stereocenters. The second-order valence-corrected chi connectivity index (χ2v) is 7.69. The summed E-state index contributed by atoms with van der Waals surface area (Å²) in [5, 5.41) is 1.04. The van der Waals surface area contributed by atoms with Crippen LogP contribution in [0, 0.1) is 0 Å². The Balaban J connectivity index is 1.40. The molecule has 2 aromatic carbocycles. The molecular formula is C20H18N2O2S. The van der Waals surface area contributed by atoms with Crippen LogP contribution in [0.25, 0.3) is 10.2 Å². The maximum Gasteiger partial charge on any atom is 0.264 e. The Kier molecular flexibility index (Phi) is 3.48. The Labute approximate surface area is 150 Å². The minimum Gasteiger partial charge on any atom is -0.480 e. The fraction of sp³-hybridized carbons (Fsp3) is 0.300. The van der Waals surface area contributed by atoms with E-state index in [0.717, 1.165) is 41.2 Å². The van der Waals surface area contributed by atoms with Crippen LogP contribution < -0.4 is 4.74 Å². The number of carbonyl (C=O) groups excluding carboxylic acids is 1. The van der Waals surface area contributed by atoms with Gasteiger partial charge in [-0.15, -0.1) is 11.3 Å². The third-order valence-corrected chi connectivity index (χ3v) is 6.19. The summed E-state index contributed by atoms with van der Waals surface area (Å²) >= 11 is 1.70. The van der Waals surface area contributed by atoms with Gasteiger partial charge in [-0.1, -0.05) is 30.3 Å². The Morgan fingerprint density at radius 1 is 1.16 bits per heavy atom. The van der Waals surface area contributed by atoms with Crippen molar-refractivity contribution < 1.29 is 9.53 Å². The van der Waals surface area contributed by atoms with E-state index < -0.39 is 6.10 Å². The van der Waals surface area contributed by atoms with Crippen molar-refractivity contribution in [3.8, 4) is 5.75 Å². The molecule has 4 nitrogen and oxygen atoms in total. The zero-order chi connectivity index (χ0) is 16.8. The van der Waals surface area contributed by atoms with Crippen molar-refractivity contribution in [3.05, 3.63) is 59.1 Å². The van der Waals surface area contributed by atoms with Crippen LogP contribution in [0.1, 0.15) is 29.5 Å². The zero-order valence-electron chi connectivity index (χ0n) is 13.7. The van der Waals surface area contributed by atoms with Crippen molar-refractivity contribution in [2.75, 3.05) is 6.54 Å². The van der Waals surface area contributed by atoms with Crippen molar-refractivity contribution in [3.63, 3.8) is 0 Å². The van der Waals surface area contributed by atoms with Crippen LogP contribution >= 0.6 is 11.3 Å². The molecular weight excluding hydrogens is 332 g/mol. The van der Waals surface area contributed by atoms with E-state index in [1.807, 2.05) is 47.4 Å². The van der Waals surface area contributed by atoms with Crippen LogP contribution in [-0.2, 0) is 11.2 Å². The minimum absolute atomic E-state index is 0.0808. The highest BCUT2D eigenvalue weighted by molar-refractivity contribution is 7.18. The fourth-order valence-corrected chi connectivity index (χ4v) is 4.94. The number of para-hydroxylation sites is 2. The van der Waals surface area contributed by atoms with Gasteiger partial charge >= 0.3 is 0 Å². The Morgan fingerprint density at radius 2 is 2.00 bits per heavy atom. The molecule has 0 aliphatic carbocycles. The summed E-state index contributed by atoms with van der Waals surface area (Å²) in [5.74, 6) is 0.939. The third kappa shape index (κ3) is 2.50. The number of thiazole rings is 1. The lowest BCUT2D eigenvalue weighted by atomic mass is 10.1. The van der Waals surface area contributed by atoms with Gasteiger partial charge in [-0.05, 0) is 36.6 Å². The van der Waals surface area contributed by atoms with Gasteiger partial charge in [-0.2, -0.15) is 0 Å². The fourth-order valence-electron chi connectivity index (χ4n) is 3.82. The molecule has 1 aromatic heterocycles. The molecule has 126 valence electrons. The molecule has 0 radical (unpaired) electrons. The molecule has 0 bridgehead atoms. The van der Waals surface area contributed by atoms with E-state index in [1.54, 1.807) is 11.3 Å². The molecule has 1 amide bonds. The normalized spacial score (nSPS) is 22.2. The Hall–Kier alpha value is -2.40. The predicted octanol–water partition coefficient (Wildman–Crippen LogP) is 3.96. The van der Waals surface area contributed by atoms with E-state index in [1.165, 1.54) is 4.70 Å². The second kappa shape index (κ2) is 5.85. The van der Waals surface area contributed by atoms with Crippen molar-refractivity contribution in [2.45, 2.75) is 31.4 Å². The molecule has 2 aliphatic rings. The molecule has 2 aliphatic heterocycles. The van der Waals surface area contributed by atoms with Gasteiger partial charge in [0.05, 0.1) is 16.3 Å². The number of ether oxygens (including phenoxy) is 1. The molecule has 3 aromatic rings. The van der Waals surface area contributed by atoms with Gasteiger partial charge < -0.3 is 9.64 Å². The van der Waals surface area contributed by atoms with Crippen molar-refractivity contribution in [2.24, 2.45) is 0 Å². The number of hydrogen-bond donors (Lipinski definition) is 0. The average molecular weight is 350 g/mol. The summed E-state index contributed by atoms with van der Waals surface area (Å²) in [6.45, 7) is 0.787. The van der Waals surface area contributed by atoms with Gasteiger partial charge in [0.1, 0.15) is 10.8 Å². The summed E-state index contributed by atoms with van der Waals surface area (Å²) in [4.78, 5) is 19.9. The maximum atomic E-state index is 13.1. The largest absolute Gasteiger partial charge is 0.480 e. The monoisotopic (exact) mass is 350 g/mol. The van der Waals surface area contributed by atoms with Gasteiger partial charge in [-0.25, -0.2) is 4.98 Å². The first-order valence-electron chi connectivity index (χ1n) is 8.70. The molecule has 0 N–H and O–H groups in total. The predicted molar refractivity (Wildman–Crippen MR) is 97.9 cm³/mol. The molecule has 1 fully saturated rings. The van der Waals surface area contributed by atoms with E-state index in [9.17, 15) is 4.79 Å². The number of aromatic nitrogens is 1. The quantitative estimate of drug-likeness (QED) is 0.702. The van der Waals surface area contributed by atoms with E-state index in [2.05, 4.69) is 6.07 Å². The van der Waals surface area contributed by atoms with Gasteiger partial charge in [-0.3, -0.25) is 4.79 Å². The summed E-state index contributed by atoms with van der Waals surface area (Å²) in [5.41, 5.74) is 2.14. The topological polar surface area (TPSA) is 42.4 Å². The van der Waals surface area contributed by atoms with Crippen molar-refractivity contribution in [1.29, 1.82) is 0 Å². The smallest absolute Gasteiger partial charge is 0.264 e. The number of amides is 1. The van der Waals surface area contributed by atoms with Crippen molar-refractivity contribution >= 4 is 27.5 Å². The highest BCUT2D eigenvalue weighted by Crippen LogP contribution is 2.38. The van der Waals surface area contributed by atoms with Gasteiger partial charge in [0.15, 0.2) is 6.10 Å². The lowest BCUT2D eigenvalue weighted by molar-refractivity contribution is -0.138. The first kappa shape index (κ1) is 14.9. The van der Waals surface area contributed by atoms with E-state index >= 15 is 0 Å². The first-order valence-corrected chi connectivity index (χ1v) is 9.52. The molecule has 5 heteroatoms. The molecule has 0 saturated carbocycles. The molecule has 5 rings (SSSR count). The molecule has 1 saturated heterocycles. The van der Waals surface area contributed by atoms with Crippen LogP contribution in [0.4, 0.5) is 0 Å². The Bertz CT molecular complexity index is 894. The van der Waals surface area contributed by atoms with Crippen molar-refractivity contribution in [1.82, 2.24) is 9.88 Å². The number of hydrogen-bond acceptors (Lipinski definition) is 4. The average Bonchev–Trinajstić information content (AvgIpc) is 3.36. The lowest BCUT2D eigenvalue weighted by Gasteiger charge is -2.25. The van der Waals surface area contributed by atoms with Gasteiger partial charge in [0.2, 0.25) is 0 Å². The second-order valence-electron chi connectivity index (χ2n) is 6.63. The number of benzene rings is 2. The summed E-state index contributed by atoms with van der Waals surface area (Å²) in [6, 6.07) is 16.2. The maximum absolute atomic E-state index is 13.1. The number of rotatable bonds is 2. The van der Waals surface area contributed by atoms with Crippen LogP contribution in [0.15, 0.2) is 48.5 Å². The molecule has 0 unspecified atom stereocenters. The number of carbonyl (C=O) groups is 1. The highest BCUT2D eigenvalue weighted by atomic mass is 32.1. The first-order chi connectivity index (χ1) is 12.3. The molecule has 25 heavy (non-hydrogen) atoms. The van der Waals surface area contributed by atoms with E-state index in [-0.39, 0.29) is 11.9 Å². The van der Waals surface area contributed by atoms with Gasteiger partial charge in [0, 0.05) is 13.0 Å². The zero-order valence-corrected chi connectivity index (χ0v) is 14.5. The third-order valence-electron chi connectivity index (χ3n) is 5.05.